The monoisotopic (exact) mass is 511 g/mol. The zero-order valence-corrected chi connectivity index (χ0v) is 22.1. The van der Waals surface area contributed by atoms with E-state index in [1.165, 1.54) is 0 Å². The van der Waals surface area contributed by atoms with Crippen molar-refractivity contribution in [3.8, 4) is 5.88 Å². The van der Waals surface area contributed by atoms with Gasteiger partial charge >= 0.3 is 6.09 Å². The Morgan fingerprint density at radius 1 is 0.842 bits per heavy atom. The van der Waals surface area contributed by atoms with Gasteiger partial charge in [0.1, 0.15) is 23.2 Å². The summed E-state index contributed by atoms with van der Waals surface area (Å²) in [6, 6.07) is 20.2. The van der Waals surface area contributed by atoms with E-state index in [1.54, 1.807) is 4.90 Å². The third kappa shape index (κ3) is 5.08. The van der Waals surface area contributed by atoms with Crippen molar-refractivity contribution < 1.29 is 14.3 Å². The van der Waals surface area contributed by atoms with E-state index in [9.17, 15) is 4.79 Å². The van der Waals surface area contributed by atoms with Crippen LogP contribution >= 0.6 is 0 Å². The lowest BCUT2D eigenvalue weighted by Crippen LogP contribution is -2.54. The highest BCUT2D eigenvalue weighted by Crippen LogP contribution is 2.35. The van der Waals surface area contributed by atoms with E-state index in [0.717, 1.165) is 59.4 Å². The number of hydrogen-bond acceptors (Lipinski definition) is 7. The Balaban J connectivity index is 1.17. The summed E-state index contributed by atoms with van der Waals surface area (Å²) < 4.78 is 12.0. The lowest BCUT2D eigenvalue weighted by atomic mass is 9.93. The number of rotatable bonds is 4. The van der Waals surface area contributed by atoms with Crippen LogP contribution in [0, 0.1) is 0 Å². The Bertz CT molecular complexity index is 1470. The van der Waals surface area contributed by atoms with Crippen LogP contribution in [0.25, 0.3) is 21.9 Å². The zero-order valence-electron chi connectivity index (χ0n) is 22.1. The van der Waals surface area contributed by atoms with Gasteiger partial charge in [0.25, 0.3) is 0 Å². The Hall–Kier alpha value is -3.94. The summed E-state index contributed by atoms with van der Waals surface area (Å²) in [5.74, 6) is 1.73. The second-order valence-corrected chi connectivity index (χ2v) is 11.2. The van der Waals surface area contributed by atoms with Crippen LogP contribution < -0.4 is 9.64 Å². The third-order valence-electron chi connectivity index (χ3n) is 7.13. The number of aromatic nitrogens is 3. The molecule has 2 fully saturated rings. The number of nitrogens with zero attached hydrogens (tertiary/aromatic N) is 5. The molecule has 8 nitrogen and oxygen atoms in total. The maximum atomic E-state index is 12.6. The molecule has 2 aliphatic heterocycles. The molecule has 0 unspecified atom stereocenters. The maximum Gasteiger partial charge on any atom is 0.410 e. The molecule has 38 heavy (non-hydrogen) atoms. The smallest absolute Gasteiger partial charge is 0.410 e. The fourth-order valence-electron chi connectivity index (χ4n) is 5.10. The summed E-state index contributed by atoms with van der Waals surface area (Å²) in [6.45, 7) is 8.42. The summed E-state index contributed by atoms with van der Waals surface area (Å²) >= 11 is 0. The molecular weight excluding hydrogens is 478 g/mol. The molecule has 4 heterocycles. The lowest BCUT2D eigenvalue weighted by molar-refractivity contribution is 0.0203. The molecule has 8 heteroatoms. The van der Waals surface area contributed by atoms with E-state index >= 15 is 0 Å². The molecule has 1 amide bonds. The van der Waals surface area contributed by atoms with E-state index in [2.05, 4.69) is 23.1 Å². The third-order valence-corrected chi connectivity index (χ3v) is 7.13. The highest BCUT2D eigenvalue weighted by molar-refractivity contribution is 5.80. The summed E-state index contributed by atoms with van der Waals surface area (Å²) in [5.41, 5.74) is 3.06. The molecule has 0 saturated carbocycles. The highest BCUT2D eigenvalue weighted by atomic mass is 16.6. The van der Waals surface area contributed by atoms with Crippen LogP contribution in [0.4, 0.5) is 10.6 Å². The predicted octanol–water partition coefficient (Wildman–Crippen LogP) is 5.56. The Morgan fingerprint density at radius 3 is 2.21 bits per heavy atom. The first-order valence-corrected chi connectivity index (χ1v) is 13.3. The van der Waals surface area contributed by atoms with Crippen LogP contribution in [0.5, 0.6) is 5.88 Å². The standard InChI is InChI=1S/C30H33N5O3/c1-30(2,3)38-29(36)34-16-14-21(15-17-34)27-28(33-25-11-7-6-10-24(25)32-27)37-22-18-35(19-22)26-13-12-20-8-4-5-9-23(20)31-26/h4-13,21-22H,14-19H2,1-3H3. The summed E-state index contributed by atoms with van der Waals surface area (Å²) in [7, 11) is 0. The molecule has 0 radical (unpaired) electrons. The second-order valence-electron chi connectivity index (χ2n) is 11.2. The van der Waals surface area contributed by atoms with Gasteiger partial charge in [0.15, 0.2) is 0 Å². The van der Waals surface area contributed by atoms with Gasteiger partial charge in [-0.25, -0.2) is 19.7 Å². The maximum absolute atomic E-state index is 12.6. The number of likely N-dealkylation sites (tertiary alicyclic amines) is 1. The van der Waals surface area contributed by atoms with Gasteiger partial charge in [0.2, 0.25) is 5.88 Å². The molecule has 0 spiro atoms. The number of benzene rings is 2. The highest BCUT2D eigenvalue weighted by Gasteiger charge is 2.34. The molecular formula is C30H33N5O3. The van der Waals surface area contributed by atoms with E-state index in [-0.39, 0.29) is 18.1 Å². The van der Waals surface area contributed by atoms with Crippen molar-refractivity contribution in [2.75, 3.05) is 31.1 Å². The quantitative estimate of drug-likeness (QED) is 0.355. The van der Waals surface area contributed by atoms with Crippen LogP contribution in [-0.4, -0.2) is 63.8 Å². The Morgan fingerprint density at radius 2 is 1.50 bits per heavy atom. The normalized spacial score (nSPS) is 17.0. The van der Waals surface area contributed by atoms with Gasteiger partial charge < -0.3 is 19.3 Å². The van der Waals surface area contributed by atoms with Crippen molar-refractivity contribution in [2.45, 2.75) is 51.2 Å². The number of pyridine rings is 1. The lowest BCUT2D eigenvalue weighted by Gasteiger charge is -2.40. The van der Waals surface area contributed by atoms with Crippen molar-refractivity contribution in [3.63, 3.8) is 0 Å². The van der Waals surface area contributed by atoms with E-state index in [0.29, 0.717) is 19.0 Å². The van der Waals surface area contributed by atoms with Crippen LogP contribution in [0.3, 0.4) is 0 Å². The average molecular weight is 512 g/mol. The number of amides is 1. The van der Waals surface area contributed by atoms with E-state index in [1.807, 2.05) is 63.2 Å². The number of fused-ring (bicyclic) bond motifs is 2. The minimum atomic E-state index is -0.502. The SMILES string of the molecule is CC(C)(C)OC(=O)N1CCC(c2nc3ccccc3nc2OC2CN(c3ccc4ccccc4n3)C2)CC1. The number of hydrogen-bond donors (Lipinski definition) is 0. The largest absolute Gasteiger partial charge is 0.469 e. The number of para-hydroxylation sites is 3. The molecule has 2 aromatic carbocycles. The topological polar surface area (TPSA) is 80.7 Å². The minimum absolute atomic E-state index is 0.0133. The van der Waals surface area contributed by atoms with Gasteiger partial charge in [-0.15, -0.1) is 0 Å². The van der Waals surface area contributed by atoms with Gasteiger partial charge in [-0.3, -0.25) is 0 Å². The number of anilines is 1. The predicted molar refractivity (Wildman–Crippen MR) is 148 cm³/mol. The number of carbonyl (C=O) groups is 1. The minimum Gasteiger partial charge on any atom is -0.469 e. The fourth-order valence-corrected chi connectivity index (χ4v) is 5.10. The first kappa shape index (κ1) is 24.4. The Labute approximate surface area is 222 Å². The molecule has 2 aromatic heterocycles. The van der Waals surface area contributed by atoms with Crippen molar-refractivity contribution >= 4 is 33.8 Å². The molecule has 4 aromatic rings. The van der Waals surface area contributed by atoms with Crippen molar-refractivity contribution in [2.24, 2.45) is 0 Å². The van der Waals surface area contributed by atoms with Crippen LogP contribution in [0.15, 0.2) is 60.7 Å². The van der Waals surface area contributed by atoms with Crippen LogP contribution in [0.2, 0.25) is 0 Å². The van der Waals surface area contributed by atoms with Gasteiger partial charge in [0.05, 0.1) is 29.6 Å². The molecule has 2 aliphatic rings. The van der Waals surface area contributed by atoms with Crippen molar-refractivity contribution in [3.05, 3.63) is 66.4 Å². The summed E-state index contributed by atoms with van der Waals surface area (Å²) in [5, 5.41) is 1.14. The number of piperidine rings is 1. The van der Waals surface area contributed by atoms with Gasteiger partial charge in [-0.05, 0) is 63.9 Å². The summed E-state index contributed by atoms with van der Waals surface area (Å²) in [4.78, 5) is 31.3. The van der Waals surface area contributed by atoms with Gasteiger partial charge in [0, 0.05) is 24.4 Å². The Kier molecular flexibility index (Phi) is 6.26. The first-order valence-electron chi connectivity index (χ1n) is 13.3. The van der Waals surface area contributed by atoms with Gasteiger partial charge in [-0.1, -0.05) is 30.3 Å². The van der Waals surface area contributed by atoms with Crippen molar-refractivity contribution in [1.82, 2.24) is 19.9 Å². The van der Waals surface area contributed by atoms with Crippen LogP contribution in [-0.2, 0) is 4.74 Å². The molecule has 0 N–H and O–H groups in total. The molecule has 0 bridgehead atoms. The van der Waals surface area contributed by atoms with E-state index in [4.69, 9.17) is 24.4 Å². The molecule has 2 saturated heterocycles. The summed E-state index contributed by atoms with van der Waals surface area (Å²) in [6.07, 6.45) is 1.34. The zero-order chi connectivity index (χ0) is 26.3. The molecule has 0 aliphatic carbocycles. The second kappa shape index (κ2) is 9.74. The fraction of sp³-hybridized carbons (Fsp3) is 0.400. The molecule has 196 valence electrons. The number of carbonyl (C=O) groups excluding carboxylic acids is 1. The molecule has 6 rings (SSSR count). The van der Waals surface area contributed by atoms with Gasteiger partial charge in [-0.2, -0.15) is 0 Å². The first-order chi connectivity index (χ1) is 18.3. The molecule has 0 atom stereocenters. The van der Waals surface area contributed by atoms with E-state index < -0.39 is 5.60 Å². The average Bonchev–Trinajstić information content (AvgIpc) is 2.89. The van der Waals surface area contributed by atoms with Crippen LogP contribution in [0.1, 0.15) is 45.2 Å². The van der Waals surface area contributed by atoms with Crippen molar-refractivity contribution in [1.29, 1.82) is 0 Å². The number of ether oxygens (including phenoxy) is 2.